The van der Waals surface area contributed by atoms with E-state index in [0.717, 1.165) is 32.5 Å². The van der Waals surface area contributed by atoms with E-state index in [1.165, 1.54) is 6.08 Å². The molecular formula is C11H14N2O3. The van der Waals surface area contributed by atoms with Crippen molar-refractivity contribution in [1.29, 1.82) is 0 Å². The van der Waals surface area contributed by atoms with Gasteiger partial charge in [-0.05, 0) is 31.6 Å². The largest absolute Gasteiger partial charge is 0.381 e. The smallest absolute Gasteiger partial charge is 0.335 e. The molecule has 2 aliphatic heterocycles. The lowest BCUT2D eigenvalue weighted by Crippen LogP contribution is -2.16. The third-order valence-corrected chi connectivity index (χ3v) is 2.93. The zero-order chi connectivity index (χ0) is 11.4. The van der Waals surface area contributed by atoms with E-state index in [1.807, 2.05) is 0 Å². The Labute approximate surface area is 93.6 Å². The summed E-state index contributed by atoms with van der Waals surface area (Å²) in [6, 6.07) is 0. The number of azo groups is 1. The predicted molar refractivity (Wildman–Crippen MR) is 55.7 cm³/mol. The lowest BCUT2D eigenvalue weighted by molar-refractivity contribution is -0.133. The van der Waals surface area contributed by atoms with Crippen LogP contribution in [0.1, 0.15) is 25.7 Å². The van der Waals surface area contributed by atoms with E-state index < -0.39 is 11.7 Å². The van der Waals surface area contributed by atoms with Gasteiger partial charge in [-0.25, -0.2) is 0 Å². The summed E-state index contributed by atoms with van der Waals surface area (Å²) in [5.74, 6) is -0.690. The summed E-state index contributed by atoms with van der Waals surface area (Å²) in [6.45, 7) is 1.64. The standard InChI is InChI=1S/C11H14N2O3/c14-10-7-9(12-13-11(10)15)2-1-8-3-5-16-6-4-8/h7-8H,1-6H2. The number of allylic oxidation sites excluding steroid dienone is 1. The number of hydrogen-bond acceptors (Lipinski definition) is 4. The first kappa shape index (κ1) is 11.1. The summed E-state index contributed by atoms with van der Waals surface area (Å²) < 4.78 is 5.27. The van der Waals surface area contributed by atoms with Crippen LogP contribution in [0.2, 0.25) is 0 Å². The molecule has 0 bridgehead atoms. The summed E-state index contributed by atoms with van der Waals surface area (Å²) in [4.78, 5) is 21.8. The molecule has 2 rings (SSSR count). The first-order valence-corrected chi connectivity index (χ1v) is 5.54. The van der Waals surface area contributed by atoms with Crippen molar-refractivity contribution in [3.63, 3.8) is 0 Å². The van der Waals surface area contributed by atoms with Crippen molar-refractivity contribution in [2.75, 3.05) is 13.2 Å². The molecule has 1 amide bonds. The van der Waals surface area contributed by atoms with Crippen LogP contribution in [0.15, 0.2) is 22.0 Å². The van der Waals surface area contributed by atoms with Crippen molar-refractivity contribution in [3.8, 4) is 0 Å². The molecule has 0 aromatic heterocycles. The molecule has 0 atom stereocenters. The molecule has 0 spiro atoms. The number of nitrogens with zero attached hydrogens (tertiary/aromatic N) is 2. The molecule has 1 fully saturated rings. The molecular weight excluding hydrogens is 208 g/mol. The van der Waals surface area contributed by atoms with Crippen LogP contribution in [0.25, 0.3) is 0 Å². The van der Waals surface area contributed by atoms with E-state index in [9.17, 15) is 9.59 Å². The Balaban J connectivity index is 1.82. The molecule has 0 aromatic carbocycles. The quantitative estimate of drug-likeness (QED) is 0.681. The minimum atomic E-state index is -0.769. The average Bonchev–Trinajstić information content (AvgIpc) is 2.32. The van der Waals surface area contributed by atoms with Crippen LogP contribution in [-0.4, -0.2) is 24.9 Å². The Bertz CT molecular complexity index is 354. The van der Waals surface area contributed by atoms with E-state index in [4.69, 9.17) is 4.74 Å². The predicted octanol–water partition coefficient (Wildman–Crippen LogP) is 1.64. The fourth-order valence-electron chi connectivity index (χ4n) is 1.91. The van der Waals surface area contributed by atoms with E-state index in [-0.39, 0.29) is 0 Å². The van der Waals surface area contributed by atoms with E-state index in [0.29, 0.717) is 18.0 Å². The van der Waals surface area contributed by atoms with Crippen LogP contribution in [0.4, 0.5) is 0 Å². The molecule has 16 heavy (non-hydrogen) atoms. The SMILES string of the molecule is O=C1C=C(CCC2CCOCC2)N=NC1=O. The fourth-order valence-corrected chi connectivity index (χ4v) is 1.91. The highest BCUT2D eigenvalue weighted by Gasteiger charge is 2.18. The van der Waals surface area contributed by atoms with Crippen LogP contribution in [0.3, 0.4) is 0 Å². The topological polar surface area (TPSA) is 68.1 Å². The van der Waals surface area contributed by atoms with Crippen molar-refractivity contribution in [2.45, 2.75) is 25.7 Å². The number of carbonyl (C=O) groups is 2. The van der Waals surface area contributed by atoms with Crippen molar-refractivity contribution < 1.29 is 14.3 Å². The van der Waals surface area contributed by atoms with Gasteiger partial charge in [0.1, 0.15) is 0 Å². The first-order valence-electron chi connectivity index (χ1n) is 5.54. The van der Waals surface area contributed by atoms with Gasteiger partial charge in [-0.2, -0.15) is 5.11 Å². The van der Waals surface area contributed by atoms with E-state index >= 15 is 0 Å². The van der Waals surface area contributed by atoms with Crippen molar-refractivity contribution >= 4 is 11.7 Å². The lowest BCUT2D eigenvalue weighted by Gasteiger charge is -2.21. The molecule has 2 aliphatic rings. The highest BCUT2D eigenvalue weighted by molar-refractivity contribution is 6.41. The normalized spacial score (nSPS) is 22.4. The van der Waals surface area contributed by atoms with Gasteiger partial charge in [0, 0.05) is 19.3 Å². The van der Waals surface area contributed by atoms with E-state index in [2.05, 4.69) is 10.2 Å². The van der Waals surface area contributed by atoms with Crippen LogP contribution >= 0.6 is 0 Å². The maximum absolute atomic E-state index is 11.1. The molecule has 2 heterocycles. The fraction of sp³-hybridized carbons (Fsp3) is 0.636. The summed E-state index contributed by atoms with van der Waals surface area (Å²) >= 11 is 0. The number of hydrogen-bond donors (Lipinski definition) is 0. The highest BCUT2D eigenvalue weighted by atomic mass is 16.5. The maximum atomic E-state index is 11.1. The molecule has 0 unspecified atom stereocenters. The number of ketones is 1. The second-order valence-corrected chi connectivity index (χ2v) is 4.10. The van der Waals surface area contributed by atoms with Gasteiger partial charge >= 0.3 is 5.91 Å². The number of rotatable bonds is 3. The van der Waals surface area contributed by atoms with Crippen LogP contribution in [0, 0.1) is 5.92 Å². The first-order chi connectivity index (χ1) is 7.75. The molecule has 0 N–H and O–H groups in total. The van der Waals surface area contributed by atoms with Gasteiger partial charge in [-0.15, -0.1) is 5.11 Å². The van der Waals surface area contributed by atoms with Crippen LogP contribution < -0.4 is 0 Å². The molecule has 5 heteroatoms. The number of carbonyl (C=O) groups excluding carboxylic acids is 2. The molecule has 5 nitrogen and oxygen atoms in total. The van der Waals surface area contributed by atoms with Gasteiger partial charge in [0.25, 0.3) is 0 Å². The Morgan fingerprint density at radius 2 is 2.00 bits per heavy atom. The highest BCUT2D eigenvalue weighted by Crippen LogP contribution is 2.23. The van der Waals surface area contributed by atoms with E-state index in [1.54, 1.807) is 0 Å². The van der Waals surface area contributed by atoms with Crippen molar-refractivity contribution in [2.24, 2.45) is 16.1 Å². The molecule has 1 saturated heterocycles. The summed E-state index contributed by atoms with van der Waals surface area (Å²) in [5.41, 5.74) is 0.621. The Hall–Kier alpha value is -1.36. The molecule has 0 aromatic rings. The van der Waals surface area contributed by atoms with Gasteiger partial charge in [0.2, 0.25) is 5.78 Å². The Morgan fingerprint density at radius 1 is 1.25 bits per heavy atom. The van der Waals surface area contributed by atoms with Gasteiger partial charge in [-0.1, -0.05) is 0 Å². The lowest BCUT2D eigenvalue weighted by atomic mass is 9.94. The molecule has 0 radical (unpaired) electrons. The summed E-state index contributed by atoms with van der Waals surface area (Å²) in [6.07, 6.45) is 5.13. The third-order valence-electron chi connectivity index (χ3n) is 2.93. The summed E-state index contributed by atoms with van der Waals surface area (Å²) in [5, 5.41) is 7.03. The number of amides is 1. The summed E-state index contributed by atoms with van der Waals surface area (Å²) in [7, 11) is 0. The Morgan fingerprint density at radius 3 is 2.69 bits per heavy atom. The van der Waals surface area contributed by atoms with Gasteiger partial charge in [0.05, 0.1) is 5.70 Å². The second kappa shape index (κ2) is 5.12. The third kappa shape index (κ3) is 2.82. The second-order valence-electron chi connectivity index (χ2n) is 4.10. The van der Waals surface area contributed by atoms with Crippen LogP contribution in [0.5, 0.6) is 0 Å². The van der Waals surface area contributed by atoms with Crippen LogP contribution in [-0.2, 0) is 14.3 Å². The van der Waals surface area contributed by atoms with Gasteiger partial charge < -0.3 is 4.74 Å². The zero-order valence-corrected chi connectivity index (χ0v) is 9.02. The monoisotopic (exact) mass is 222 g/mol. The minimum absolute atomic E-state index is 0.558. The molecule has 0 aliphatic carbocycles. The van der Waals surface area contributed by atoms with Gasteiger partial charge in [-0.3, -0.25) is 9.59 Å². The molecule has 86 valence electrons. The van der Waals surface area contributed by atoms with Crippen molar-refractivity contribution in [3.05, 3.63) is 11.8 Å². The molecule has 0 saturated carbocycles. The maximum Gasteiger partial charge on any atom is 0.335 e. The minimum Gasteiger partial charge on any atom is -0.381 e. The Kier molecular flexibility index (Phi) is 3.56. The zero-order valence-electron chi connectivity index (χ0n) is 9.02. The van der Waals surface area contributed by atoms with Crippen molar-refractivity contribution in [1.82, 2.24) is 0 Å². The van der Waals surface area contributed by atoms with Gasteiger partial charge in [0.15, 0.2) is 0 Å². The number of ether oxygens (including phenoxy) is 1. The average molecular weight is 222 g/mol.